The van der Waals surface area contributed by atoms with Gasteiger partial charge in [0, 0.05) is 17.3 Å². The van der Waals surface area contributed by atoms with Crippen LogP contribution in [0.15, 0.2) is 24.4 Å². The molecule has 0 saturated heterocycles. The number of nitrogens with one attached hydrogen (secondary N) is 2. The van der Waals surface area contributed by atoms with Crippen molar-refractivity contribution in [3.63, 3.8) is 0 Å². The number of rotatable bonds is 3. The van der Waals surface area contributed by atoms with Crippen LogP contribution in [0.25, 0.3) is 5.69 Å². The van der Waals surface area contributed by atoms with E-state index in [1.54, 1.807) is 0 Å². The Hall–Kier alpha value is -2.30. The van der Waals surface area contributed by atoms with E-state index in [1.165, 1.54) is 16.8 Å². The second-order valence-electron chi connectivity index (χ2n) is 6.94. The summed E-state index contributed by atoms with van der Waals surface area (Å²) in [5.41, 5.74) is 5.98. The number of aryl methyl sites for hydroxylation is 2. The van der Waals surface area contributed by atoms with Crippen LogP contribution in [0.3, 0.4) is 0 Å². The van der Waals surface area contributed by atoms with Gasteiger partial charge in [0.1, 0.15) is 0 Å². The summed E-state index contributed by atoms with van der Waals surface area (Å²) in [5.74, 6) is 0. The standard InChI is InChI=1S/C19H26N4O/c1-12(2)21-19(24)22-17-6-5-7-18-16(17)11-20-23(18)15-9-8-13(3)14(4)10-15/h8-12,17H,5-7H2,1-4H3,(H2,21,22,24)/t17-/m1/s1. The number of urea groups is 1. The molecular weight excluding hydrogens is 300 g/mol. The molecule has 0 unspecified atom stereocenters. The molecule has 128 valence electrons. The molecule has 1 aromatic heterocycles. The fourth-order valence-corrected chi connectivity index (χ4v) is 3.25. The maximum absolute atomic E-state index is 12.0. The molecule has 1 aliphatic carbocycles. The Bertz CT molecular complexity index is 748. The molecule has 24 heavy (non-hydrogen) atoms. The molecule has 1 aliphatic rings. The van der Waals surface area contributed by atoms with Crippen molar-refractivity contribution in [2.75, 3.05) is 0 Å². The summed E-state index contributed by atoms with van der Waals surface area (Å²) in [4.78, 5) is 12.0. The van der Waals surface area contributed by atoms with Crippen LogP contribution in [-0.2, 0) is 6.42 Å². The number of carbonyl (C=O) groups is 1. The van der Waals surface area contributed by atoms with Crippen LogP contribution in [-0.4, -0.2) is 21.9 Å². The van der Waals surface area contributed by atoms with E-state index in [0.717, 1.165) is 30.5 Å². The van der Waals surface area contributed by atoms with Gasteiger partial charge in [0.15, 0.2) is 0 Å². The first-order valence-electron chi connectivity index (χ1n) is 8.67. The van der Waals surface area contributed by atoms with E-state index in [1.807, 2.05) is 24.7 Å². The summed E-state index contributed by atoms with van der Waals surface area (Å²) in [6, 6.07) is 6.47. The Morgan fingerprint density at radius 1 is 1.29 bits per heavy atom. The average Bonchev–Trinajstić information content (AvgIpc) is 2.94. The predicted molar refractivity (Wildman–Crippen MR) is 95.5 cm³/mol. The van der Waals surface area contributed by atoms with Gasteiger partial charge in [0.05, 0.1) is 17.9 Å². The molecule has 0 fully saturated rings. The highest BCUT2D eigenvalue weighted by atomic mass is 16.2. The number of aromatic nitrogens is 2. The molecule has 3 rings (SSSR count). The summed E-state index contributed by atoms with van der Waals surface area (Å²) >= 11 is 0. The number of hydrogen-bond donors (Lipinski definition) is 2. The third-order valence-electron chi connectivity index (χ3n) is 4.64. The zero-order chi connectivity index (χ0) is 17.3. The normalized spacial score (nSPS) is 16.8. The van der Waals surface area contributed by atoms with Crippen molar-refractivity contribution in [2.24, 2.45) is 0 Å². The zero-order valence-electron chi connectivity index (χ0n) is 14.9. The average molecular weight is 326 g/mol. The van der Waals surface area contributed by atoms with Gasteiger partial charge in [-0.15, -0.1) is 0 Å². The minimum absolute atomic E-state index is 0.0350. The molecule has 2 aromatic rings. The van der Waals surface area contributed by atoms with Crippen LogP contribution in [0.1, 0.15) is 55.1 Å². The van der Waals surface area contributed by atoms with Crippen molar-refractivity contribution in [1.82, 2.24) is 20.4 Å². The highest BCUT2D eigenvalue weighted by Crippen LogP contribution is 2.31. The van der Waals surface area contributed by atoms with Crippen molar-refractivity contribution in [2.45, 2.75) is 59.0 Å². The van der Waals surface area contributed by atoms with Crippen molar-refractivity contribution in [3.8, 4) is 5.69 Å². The molecule has 1 atom stereocenters. The topological polar surface area (TPSA) is 59.0 Å². The van der Waals surface area contributed by atoms with Gasteiger partial charge < -0.3 is 10.6 Å². The number of fused-ring (bicyclic) bond motifs is 1. The molecule has 5 heteroatoms. The van der Waals surface area contributed by atoms with E-state index in [0.29, 0.717) is 0 Å². The zero-order valence-corrected chi connectivity index (χ0v) is 14.9. The molecule has 2 N–H and O–H groups in total. The maximum atomic E-state index is 12.0. The van der Waals surface area contributed by atoms with Gasteiger partial charge in [0.2, 0.25) is 0 Å². The van der Waals surface area contributed by atoms with Crippen molar-refractivity contribution in [3.05, 3.63) is 46.8 Å². The van der Waals surface area contributed by atoms with E-state index in [4.69, 9.17) is 0 Å². The van der Waals surface area contributed by atoms with Crippen LogP contribution < -0.4 is 10.6 Å². The number of amides is 2. The minimum Gasteiger partial charge on any atom is -0.336 e. The summed E-state index contributed by atoms with van der Waals surface area (Å²) < 4.78 is 2.02. The van der Waals surface area contributed by atoms with Gasteiger partial charge in [-0.3, -0.25) is 0 Å². The third-order valence-corrected chi connectivity index (χ3v) is 4.64. The van der Waals surface area contributed by atoms with E-state index in [9.17, 15) is 4.79 Å². The Morgan fingerprint density at radius 2 is 2.08 bits per heavy atom. The molecule has 0 spiro atoms. The Balaban J connectivity index is 1.87. The molecule has 0 saturated carbocycles. The lowest BCUT2D eigenvalue weighted by atomic mass is 9.93. The second kappa shape index (κ2) is 6.67. The highest BCUT2D eigenvalue weighted by molar-refractivity contribution is 5.74. The molecular formula is C19H26N4O. The number of benzene rings is 1. The Kier molecular flexibility index (Phi) is 4.60. The van der Waals surface area contributed by atoms with Gasteiger partial charge in [-0.25, -0.2) is 9.48 Å². The van der Waals surface area contributed by atoms with Gasteiger partial charge in [-0.1, -0.05) is 6.07 Å². The van der Waals surface area contributed by atoms with Crippen molar-refractivity contribution in [1.29, 1.82) is 0 Å². The predicted octanol–water partition coefficient (Wildman–Crippen LogP) is 3.57. The first-order chi connectivity index (χ1) is 11.5. The smallest absolute Gasteiger partial charge is 0.315 e. The molecule has 2 amide bonds. The SMILES string of the molecule is Cc1ccc(-n2ncc3c2CCC[C@H]3NC(=O)NC(C)C)cc1C. The number of hydrogen-bond acceptors (Lipinski definition) is 2. The minimum atomic E-state index is -0.109. The van der Waals surface area contributed by atoms with Crippen molar-refractivity contribution < 1.29 is 4.79 Å². The molecule has 0 radical (unpaired) electrons. The lowest BCUT2D eigenvalue weighted by Gasteiger charge is -2.25. The molecule has 0 bridgehead atoms. The molecule has 1 heterocycles. The lowest BCUT2D eigenvalue weighted by molar-refractivity contribution is 0.233. The van der Waals surface area contributed by atoms with Crippen LogP contribution in [0.2, 0.25) is 0 Å². The summed E-state index contributed by atoms with van der Waals surface area (Å²) in [7, 11) is 0. The van der Waals surface area contributed by atoms with E-state index in [-0.39, 0.29) is 18.1 Å². The third kappa shape index (κ3) is 3.30. The Morgan fingerprint density at radius 3 is 2.79 bits per heavy atom. The Labute approximate surface area is 143 Å². The first kappa shape index (κ1) is 16.6. The summed E-state index contributed by atoms with van der Waals surface area (Å²) in [6.45, 7) is 8.16. The number of nitrogens with zero attached hydrogens (tertiary/aromatic N) is 2. The van der Waals surface area contributed by atoms with Gasteiger partial charge >= 0.3 is 6.03 Å². The largest absolute Gasteiger partial charge is 0.336 e. The quantitative estimate of drug-likeness (QED) is 0.906. The van der Waals surface area contributed by atoms with Gasteiger partial charge in [-0.2, -0.15) is 5.10 Å². The van der Waals surface area contributed by atoms with Gasteiger partial charge in [-0.05, 0) is 70.2 Å². The molecule has 5 nitrogen and oxygen atoms in total. The highest BCUT2D eigenvalue weighted by Gasteiger charge is 2.26. The van der Waals surface area contributed by atoms with E-state index < -0.39 is 0 Å². The van der Waals surface area contributed by atoms with E-state index in [2.05, 4.69) is 47.8 Å². The van der Waals surface area contributed by atoms with Crippen LogP contribution in [0.4, 0.5) is 4.79 Å². The molecule has 1 aromatic carbocycles. The molecule has 0 aliphatic heterocycles. The monoisotopic (exact) mass is 326 g/mol. The van der Waals surface area contributed by atoms with Crippen LogP contribution in [0.5, 0.6) is 0 Å². The lowest BCUT2D eigenvalue weighted by Crippen LogP contribution is -2.42. The van der Waals surface area contributed by atoms with Crippen LogP contribution >= 0.6 is 0 Å². The summed E-state index contributed by atoms with van der Waals surface area (Å²) in [6.07, 6.45) is 4.91. The summed E-state index contributed by atoms with van der Waals surface area (Å²) in [5, 5.41) is 10.6. The second-order valence-corrected chi connectivity index (χ2v) is 6.94. The van der Waals surface area contributed by atoms with Gasteiger partial charge in [0.25, 0.3) is 0 Å². The van der Waals surface area contributed by atoms with E-state index >= 15 is 0 Å². The van der Waals surface area contributed by atoms with Crippen molar-refractivity contribution >= 4 is 6.03 Å². The van der Waals surface area contributed by atoms with Crippen LogP contribution in [0, 0.1) is 13.8 Å². The fraction of sp³-hybridized carbons (Fsp3) is 0.474. The number of carbonyl (C=O) groups excluding carboxylic acids is 1. The fourth-order valence-electron chi connectivity index (χ4n) is 3.25. The first-order valence-corrected chi connectivity index (χ1v) is 8.67. The maximum Gasteiger partial charge on any atom is 0.315 e.